The molecule has 23 heavy (non-hydrogen) atoms. The highest BCUT2D eigenvalue weighted by molar-refractivity contribution is 6.17. The van der Waals surface area contributed by atoms with Gasteiger partial charge < -0.3 is 0 Å². The third-order valence-corrected chi connectivity index (χ3v) is 5.72. The summed E-state index contributed by atoms with van der Waals surface area (Å²) in [5.41, 5.74) is 7.40. The molecular formula is C23H20. The van der Waals surface area contributed by atoms with E-state index >= 15 is 0 Å². The summed E-state index contributed by atoms with van der Waals surface area (Å²) in [6, 6.07) is 16.1. The van der Waals surface area contributed by atoms with Crippen LogP contribution in [0.15, 0.2) is 42.5 Å². The van der Waals surface area contributed by atoms with Gasteiger partial charge in [0, 0.05) is 0 Å². The average molecular weight is 296 g/mol. The summed E-state index contributed by atoms with van der Waals surface area (Å²) in [7, 11) is 0. The van der Waals surface area contributed by atoms with E-state index in [1.54, 1.807) is 11.1 Å². The Morgan fingerprint density at radius 2 is 1.39 bits per heavy atom. The normalized spacial score (nSPS) is 13.5. The first-order valence-electron chi connectivity index (χ1n) is 8.52. The minimum Gasteiger partial charge on any atom is -0.0614 e. The molecule has 0 heteroatoms. The van der Waals surface area contributed by atoms with Crippen LogP contribution in [-0.4, -0.2) is 0 Å². The minimum atomic E-state index is 1.19. The smallest absolute Gasteiger partial charge is 0.00756 e. The summed E-state index contributed by atoms with van der Waals surface area (Å²) < 4.78 is 0. The van der Waals surface area contributed by atoms with Gasteiger partial charge in [0.2, 0.25) is 0 Å². The van der Waals surface area contributed by atoms with Crippen molar-refractivity contribution in [2.45, 2.75) is 33.6 Å². The van der Waals surface area contributed by atoms with Gasteiger partial charge in [0.1, 0.15) is 0 Å². The zero-order valence-corrected chi connectivity index (χ0v) is 14.0. The maximum absolute atomic E-state index is 2.44. The quantitative estimate of drug-likeness (QED) is 0.269. The van der Waals surface area contributed by atoms with Crippen LogP contribution in [-0.2, 0) is 12.8 Å². The number of hydrogen-bond donors (Lipinski definition) is 0. The largest absolute Gasteiger partial charge is 0.0614 e. The number of hydrogen-bond acceptors (Lipinski definition) is 0. The van der Waals surface area contributed by atoms with Crippen LogP contribution in [0.1, 0.15) is 27.8 Å². The SMILES string of the molecule is Cc1ccc2cc3c(c(C)cc4cccc(C)c43)c3c2c1CC3. The molecule has 0 saturated carbocycles. The van der Waals surface area contributed by atoms with Crippen LogP contribution in [0.25, 0.3) is 32.3 Å². The van der Waals surface area contributed by atoms with E-state index in [0.29, 0.717) is 0 Å². The third kappa shape index (κ3) is 1.61. The number of rotatable bonds is 0. The summed E-state index contributed by atoms with van der Waals surface area (Å²) in [4.78, 5) is 0. The third-order valence-electron chi connectivity index (χ3n) is 5.72. The summed E-state index contributed by atoms with van der Waals surface area (Å²) >= 11 is 0. The molecule has 0 atom stereocenters. The molecule has 1 aliphatic carbocycles. The maximum Gasteiger partial charge on any atom is -0.00756 e. The Morgan fingerprint density at radius 3 is 2.26 bits per heavy atom. The fourth-order valence-corrected chi connectivity index (χ4v) is 4.72. The van der Waals surface area contributed by atoms with Gasteiger partial charge in [-0.15, -0.1) is 0 Å². The number of fused-ring (bicyclic) bond motifs is 4. The van der Waals surface area contributed by atoms with Gasteiger partial charge in [0.05, 0.1) is 0 Å². The lowest BCUT2D eigenvalue weighted by molar-refractivity contribution is 1.02. The van der Waals surface area contributed by atoms with E-state index in [0.717, 1.165) is 0 Å². The fourth-order valence-electron chi connectivity index (χ4n) is 4.72. The lowest BCUT2D eigenvalue weighted by atomic mass is 9.89. The Kier molecular flexibility index (Phi) is 2.48. The summed E-state index contributed by atoms with van der Waals surface area (Å²) in [6.07, 6.45) is 2.38. The highest BCUT2D eigenvalue weighted by atomic mass is 14.2. The average Bonchev–Trinajstić information content (AvgIpc) is 2.97. The first kappa shape index (κ1) is 13.1. The van der Waals surface area contributed by atoms with Crippen LogP contribution in [0.3, 0.4) is 0 Å². The van der Waals surface area contributed by atoms with Crippen LogP contribution >= 0.6 is 0 Å². The van der Waals surface area contributed by atoms with Gasteiger partial charge in [0.25, 0.3) is 0 Å². The van der Waals surface area contributed by atoms with Gasteiger partial charge >= 0.3 is 0 Å². The molecule has 0 amide bonds. The molecule has 112 valence electrons. The molecule has 0 fully saturated rings. The van der Waals surface area contributed by atoms with Crippen molar-refractivity contribution in [3.8, 4) is 0 Å². The van der Waals surface area contributed by atoms with E-state index in [1.165, 1.54) is 61.8 Å². The molecule has 0 nitrogen and oxygen atoms in total. The molecule has 0 saturated heterocycles. The Hall–Kier alpha value is -2.34. The summed E-state index contributed by atoms with van der Waals surface area (Å²) in [5.74, 6) is 0. The van der Waals surface area contributed by atoms with E-state index in [2.05, 4.69) is 63.2 Å². The van der Waals surface area contributed by atoms with Crippen molar-refractivity contribution in [1.82, 2.24) is 0 Å². The lowest BCUT2D eigenvalue weighted by Gasteiger charge is -2.15. The minimum absolute atomic E-state index is 1.19. The highest BCUT2D eigenvalue weighted by Gasteiger charge is 2.21. The molecule has 0 bridgehead atoms. The van der Waals surface area contributed by atoms with Gasteiger partial charge in [0.15, 0.2) is 0 Å². The molecule has 4 aromatic carbocycles. The zero-order valence-electron chi connectivity index (χ0n) is 14.0. The lowest BCUT2D eigenvalue weighted by Crippen LogP contribution is -1.91. The molecular weight excluding hydrogens is 276 g/mol. The van der Waals surface area contributed by atoms with Gasteiger partial charge in [-0.25, -0.2) is 0 Å². The molecule has 0 spiro atoms. The molecule has 0 N–H and O–H groups in total. The predicted molar refractivity (Wildman–Crippen MR) is 101 cm³/mol. The Morgan fingerprint density at radius 1 is 0.609 bits per heavy atom. The molecule has 5 rings (SSSR count). The van der Waals surface area contributed by atoms with Crippen LogP contribution in [0.2, 0.25) is 0 Å². The van der Waals surface area contributed by atoms with E-state index in [-0.39, 0.29) is 0 Å². The Balaban J connectivity index is 2.12. The summed E-state index contributed by atoms with van der Waals surface area (Å²) in [5, 5.41) is 8.70. The molecule has 0 heterocycles. The van der Waals surface area contributed by atoms with Crippen LogP contribution in [0, 0.1) is 20.8 Å². The van der Waals surface area contributed by atoms with Gasteiger partial charge in [-0.05, 0) is 99.8 Å². The topological polar surface area (TPSA) is 0 Å². The second-order valence-electron chi connectivity index (χ2n) is 7.10. The van der Waals surface area contributed by atoms with Crippen molar-refractivity contribution in [2.75, 3.05) is 0 Å². The van der Waals surface area contributed by atoms with Crippen molar-refractivity contribution < 1.29 is 0 Å². The first-order valence-corrected chi connectivity index (χ1v) is 8.52. The van der Waals surface area contributed by atoms with Crippen LogP contribution in [0.4, 0.5) is 0 Å². The van der Waals surface area contributed by atoms with Crippen molar-refractivity contribution in [3.05, 3.63) is 70.3 Å². The second kappa shape index (κ2) is 4.35. The van der Waals surface area contributed by atoms with E-state index in [4.69, 9.17) is 0 Å². The highest BCUT2D eigenvalue weighted by Crippen LogP contribution is 2.42. The van der Waals surface area contributed by atoms with E-state index in [9.17, 15) is 0 Å². The molecule has 0 aromatic heterocycles. The molecule has 0 radical (unpaired) electrons. The standard InChI is InChI=1S/C23H20/c1-13-7-8-17-12-20-21-14(2)5-4-6-16(21)11-15(3)22(20)19-10-9-18(13)23(17)19/h4-8,11-12H,9-10H2,1-3H3. The Labute approximate surface area is 136 Å². The number of aryl methyl sites for hydroxylation is 5. The van der Waals surface area contributed by atoms with Crippen molar-refractivity contribution in [2.24, 2.45) is 0 Å². The molecule has 0 unspecified atom stereocenters. The monoisotopic (exact) mass is 296 g/mol. The number of benzene rings is 4. The molecule has 1 aliphatic rings. The predicted octanol–water partition coefficient (Wildman–Crippen LogP) is 6.17. The van der Waals surface area contributed by atoms with Crippen LogP contribution < -0.4 is 0 Å². The van der Waals surface area contributed by atoms with Gasteiger partial charge in [-0.3, -0.25) is 0 Å². The zero-order chi connectivity index (χ0) is 15.7. The molecule has 4 aromatic rings. The molecule has 0 aliphatic heterocycles. The fraction of sp³-hybridized carbons (Fsp3) is 0.217. The van der Waals surface area contributed by atoms with Gasteiger partial charge in [-0.1, -0.05) is 36.4 Å². The first-order chi connectivity index (χ1) is 11.1. The van der Waals surface area contributed by atoms with E-state index in [1.807, 2.05) is 0 Å². The van der Waals surface area contributed by atoms with Crippen molar-refractivity contribution in [3.63, 3.8) is 0 Å². The van der Waals surface area contributed by atoms with Crippen molar-refractivity contribution >= 4 is 32.3 Å². The maximum atomic E-state index is 2.44. The second-order valence-corrected chi connectivity index (χ2v) is 7.10. The van der Waals surface area contributed by atoms with Crippen LogP contribution in [0.5, 0.6) is 0 Å². The van der Waals surface area contributed by atoms with Gasteiger partial charge in [-0.2, -0.15) is 0 Å². The van der Waals surface area contributed by atoms with E-state index < -0.39 is 0 Å². The Bertz CT molecular complexity index is 1130. The summed E-state index contributed by atoms with van der Waals surface area (Å²) in [6.45, 7) is 6.77. The van der Waals surface area contributed by atoms with Crippen molar-refractivity contribution in [1.29, 1.82) is 0 Å².